The zero-order valence-electron chi connectivity index (χ0n) is 17.2. The molecule has 0 spiro atoms. The van der Waals surface area contributed by atoms with Crippen molar-refractivity contribution in [2.24, 2.45) is 0 Å². The number of carbonyl (C=O) groups is 2. The minimum atomic E-state index is -0.507. The molecule has 4 rings (SSSR count). The van der Waals surface area contributed by atoms with Crippen molar-refractivity contribution < 1.29 is 14.3 Å². The lowest BCUT2D eigenvalue weighted by atomic mass is 10.1. The number of imidazole rings is 1. The summed E-state index contributed by atoms with van der Waals surface area (Å²) in [5.41, 5.74) is 7.12. The summed E-state index contributed by atoms with van der Waals surface area (Å²) in [6.07, 6.45) is 1.49. The van der Waals surface area contributed by atoms with Gasteiger partial charge in [-0.3, -0.25) is 25.0 Å². The Hall–Kier alpha value is -3.88. The maximum atomic E-state index is 12.6. The van der Waals surface area contributed by atoms with Crippen molar-refractivity contribution in [3.8, 4) is 11.4 Å². The van der Waals surface area contributed by atoms with Gasteiger partial charge in [-0.1, -0.05) is 41.9 Å². The van der Waals surface area contributed by atoms with Gasteiger partial charge in [0.2, 0.25) is 0 Å². The average molecular weight is 479 g/mol. The number of benzene rings is 3. The summed E-state index contributed by atoms with van der Waals surface area (Å²) in [5, 5.41) is 0.640. The fourth-order valence-electron chi connectivity index (χ4n) is 3.07. The van der Waals surface area contributed by atoms with Crippen molar-refractivity contribution in [3.05, 3.63) is 112 Å². The molecule has 9 heteroatoms. The number of hydrazine groups is 1. The third-order valence-corrected chi connectivity index (χ3v) is 5.30. The van der Waals surface area contributed by atoms with Gasteiger partial charge in [0.25, 0.3) is 11.8 Å². The van der Waals surface area contributed by atoms with Gasteiger partial charge in [0.15, 0.2) is 4.77 Å². The van der Waals surface area contributed by atoms with E-state index in [0.29, 0.717) is 27.7 Å². The summed E-state index contributed by atoms with van der Waals surface area (Å²) >= 11 is 11.1. The second-order valence-electron chi connectivity index (χ2n) is 7.00. The van der Waals surface area contributed by atoms with Crippen molar-refractivity contribution >= 4 is 35.6 Å². The van der Waals surface area contributed by atoms with Crippen molar-refractivity contribution in [1.29, 1.82) is 0 Å². The number of halogens is 1. The highest BCUT2D eigenvalue weighted by Gasteiger charge is 2.15. The Kier molecular flexibility index (Phi) is 6.87. The van der Waals surface area contributed by atoms with Gasteiger partial charge in [-0.15, -0.1) is 0 Å². The van der Waals surface area contributed by atoms with Gasteiger partial charge in [-0.25, -0.2) is 0 Å². The molecule has 0 unspecified atom stereocenters. The first-order valence-electron chi connectivity index (χ1n) is 9.95. The molecular formula is C24H19ClN4O3S. The van der Waals surface area contributed by atoms with E-state index in [1.54, 1.807) is 53.1 Å². The molecule has 7 nitrogen and oxygen atoms in total. The average Bonchev–Trinajstić information content (AvgIpc) is 3.24. The van der Waals surface area contributed by atoms with Crippen LogP contribution in [0, 0.1) is 4.77 Å². The number of nitrogens with zero attached hydrogens (tertiary/aromatic N) is 1. The van der Waals surface area contributed by atoms with Crippen LogP contribution in [0.25, 0.3) is 5.69 Å². The third kappa shape index (κ3) is 5.49. The lowest BCUT2D eigenvalue weighted by molar-refractivity contribution is 0.0843. The van der Waals surface area contributed by atoms with E-state index in [9.17, 15) is 9.59 Å². The van der Waals surface area contributed by atoms with Crippen molar-refractivity contribution in [1.82, 2.24) is 20.4 Å². The molecule has 33 heavy (non-hydrogen) atoms. The van der Waals surface area contributed by atoms with Crippen LogP contribution in [0.1, 0.15) is 26.4 Å². The largest absolute Gasteiger partial charge is 0.489 e. The maximum Gasteiger partial charge on any atom is 0.288 e. The number of carbonyl (C=O) groups excluding carboxylic acids is 2. The van der Waals surface area contributed by atoms with Crippen molar-refractivity contribution in [3.63, 3.8) is 0 Å². The van der Waals surface area contributed by atoms with Crippen LogP contribution in [-0.4, -0.2) is 21.4 Å². The second-order valence-corrected chi connectivity index (χ2v) is 7.82. The Morgan fingerprint density at radius 2 is 1.58 bits per heavy atom. The van der Waals surface area contributed by atoms with E-state index < -0.39 is 11.8 Å². The van der Waals surface area contributed by atoms with Crippen LogP contribution in [0.15, 0.2) is 85.1 Å². The van der Waals surface area contributed by atoms with Gasteiger partial charge < -0.3 is 9.72 Å². The standard InChI is InChI=1S/C24H19ClN4O3S/c25-18-10-12-20(13-11-18)32-15-16-6-8-17(9-7-16)22(30)27-28-23(31)21-14-26-24(33)29(21)19-4-2-1-3-5-19/h1-14H,15H2,(H,26,33)(H,27,30)(H,28,31). The van der Waals surface area contributed by atoms with Crippen LogP contribution >= 0.6 is 23.8 Å². The van der Waals surface area contributed by atoms with Gasteiger partial charge in [-0.05, 0) is 66.3 Å². The molecule has 0 aliphatic rings. The number of ether oxygens (including phenoxy) is 1. The Morgan fingerprint density at radius 1 is 0.909 bits per heavy atom. The summed E-state index contributed by atoms with van der Waals surface area (Å²) in [6.45, 7) is 0.344. The van der Waals surface area contributed by atoms with E-state index in [-0.39, 0.29) is 5.69 Å². The molecule has 166 valence electrons. The third-order valence-electron chi connectivity index (χ3n) is 4.75. The second kappa shape index (κ2) is 10.2. The minimum Gasteiger partial charge on any atom is -0.489 e. The topological polar surface area (TPSA) is 88.2 Å². The van der Waals surface area contributed by atoms with Crippen LogP contribution < -0.4 is 15.6 Å². The molecule has 1 heterocycles. The lowest BCUT2D eigenvalue weighted by Crippen LogP contribution is -2.42. The Labute approximate surface area is 200 Å². The quantitative estimate of drug-likeness (QED) is 0.273. The number of aromatic amines is 1. The number of hydrogen-bond donors (Lipinski definition) is 3. The summed E-state index contributed by atoms with van der Waals surface area (Å²) in [7, 11) is 0. The Bertz CT molecular complexity index is 1320. The van der Waals surface area contributed by atoms with E-state index >= 15 is 0 Å². The molecule has 3 aromatic carbocycles. The lowest BCUT2D eigenvalue weighted by Gasteiger charge is -2.10. The van der Waals surface area contributed by atoms with E-state index in [0.717, 1.165) is 11.3 Å². The van der Waals surface area contributed by atoms with Crippen LogP contribution in [0.2, 0.25) is 5.02 Å². The molecule has 0 aliphatic carbocycles. The van der Waals surface area contributed by atoms with Gasteiger partial charge in [0.05, 0.1) is 0 Å². The van der Waals surface area contributed by atoms with Crippen LogP contribution in [0.3, 0.4) is 0 Å². The number of para-hydroxylation sites is 1. The summed E-state index contributed by atoms with van der Waals surface area (Å²) in [5.74, 6) is -0.259. The zero-order chi connectivity index (χ0) is 23.2. The molecule has 0 saturated heterocycles. The van der Waals surface area contributed by atoms with E-state index in [2.05, 4.69) is 15.8 Å². The summed E-state index contributed by atoms with van der Waals surface area (Å²) in [6, 6.07) is 23.2. The molecular weight excluding hydrogens is 460 g/mol. The molecule has 0 radical (unpaired) electrons. The molecule has 3 N–H and O–H groups in total. The first-order chi connectivity index (χ1) is 16.0. The zero-order valence-corrected chi connectivity index (χ0v) is 18.8. The number of H-pyrrole nitrogens is 1. The fraction of sp³-hybridized carbons (Fsp3) is 0.0417. The van der Waals surface area contributed by atoms with E-state index in [1.807, 2.05) is 30.3 Å². The molecule has 0 saturated carbocycles. The first-order valence-corrected chi connectivity index (χ1v) is 10.7. The number of amides is 2. The highest BCUT2D eigenvalue weighted by molar-refractivity contribution is 7.71. The predicted octanol–water partition coefficient (Wildman–Crippen LogP) is 4.84. The number of hydrogen-bond acceptors (Lipinski definition) is 4. The van der Waals surface area contributed by atoms with Crippen molar-refractivity contribution in [2.75, 3.05) is 0 Å². The monoisotopic (exact) mass is 478 g/mol. The molecule has 0 aliphatic heterocycles. The van der Waals surface area contributed by atoms with Gasteiger partial charge >= 0.3 is 0 Å². The minimum absolute atomic E-state index is 0.265. The number of rotatable bonds is 6. The number of nitrogens with one attached hydrogen (secondary N) is 3. The maximum absolute atomic E-state index is 12.6. The highest BCUT2D eigenvalue weighted by Crippen LogP contribution is 2.17. The van der Waals surface area contributed by atoms with Gasteiger partial charge in [0, 0.05) is 22.5 Å². The van der Waals surface area contributed by atoms with E-state index in [4.69, 9.17) is 28.6 Å². The smallest absolute Gasteiger partial charge is 0.288 e. The molecule has 1 aromatic heterocycles. The fourth-order valence-corrected chi connectivity index (χ4v) is 3.46. The molecule has 2 amide bonds. The SMILES string of the molecule is O=C(NNC(=O)c1c[nH]c(=S)n1-c1ccccc1)c1ccc(COc2ccc(Cl)cc2)cc1. The Morgan fingerprint density at radius 3 is 2.27 bits per heavy atom. The number of aromatic nitrogens is 2. The summed E-state index contributed by atoms with van der Waals surface area (Å²) < 4.78 is 7.65. The van der Waals surface area contributed by atoms with Crippen LogP contribution in [0.5, 0.6) is 5.75 Å². The summed E-state index contributed by atoms with van der Waals surface area (Å²) in [4.78, 5) is 28.0. The van der Waals surface area contributed by atoms with Crippen molar-refractivity contribution in [2.45, 2.75) is 6.61 Å². The Balaban J connectivity index is 1.35. The highest BCUT2D eigenvalue weighted by atomic mass is 35.5. The van der Waals surface area contributed by atoms with Gasteiger partial charge in [-0.2, -0.15) is 0 Å². The molecule has 0 atom stereocenters. The van der Waals surface area contributed by atoms with E-state index in [1.165, 1.54) is 6.20 Å². The molecule has 4 aromatic rings. The molecule has 0 bridgehead atoms. The first kappa shape index (κ1) is 22.3. The van der Waals surface area contributed by atoms with Crippen LogP contribution in [0.4, 0.5) is 0 Å². The van der Waals surface area contributed by atoms with Gasteiger partial charge in [0.1, 0.15) is 18.1 Å². The molecule has 0 fully saturated rings. The normalized spacial score (nSPS) is 10.5. The predicted molar refractivity (Wildman–Crippen MR) is 128 cm³/mol. The van der Waals surface area contributed by atoms with Crippen LogP contribution in [-0.2, 0) is 6.61 Å².